The number of nitrogens with zero attached hydrogens (tertiary/aromatic N) is 1. The van der Waals surface area contributed by atoms with Crippen LogP contribution in [0.3, 0.4) is 0 Å². The molecule has 0 fully saturated rings. The summed E-state index contributed by atoms with van der Waals surface area (Å²) in [4.78, 5) is 0.150. The van der Waals surface area contributed by atoms with Crippen LogP contribution in [0.25, 0.3) is 0 Å². The molecule has 0 spiro atoms. The highest BCUT2D eigenvalue weighted by molar-refractivity contribution is 7.89. The lowest BCUT2D eigenvalue weighted by atomic mass is 10.2. The predicted octanol–water partition coefficient (Wildman–Crippen LogP) is 1.48. The van der Waals surface area contributed by atoms with E-state index in [0.717, 1.165) is 4.31 Å². The quantitative estimate of drug-likeness (QED) is 0.807. The van der Waals surface area contributed by atoms with E-state index in [4.69, 9.17) is 17.3 Å². The van der Waals surface area contributed by atoms with Gasteiger partial charge in [0.15, 0.2) is 0 Å². The van der Waals surface area contributed by atoms with Gasteiger partial charge in [-0.25, -0.2) is 12.7 Å². The van der Waals surface area contributed by atoms with E-state index in [1.165, 1.54) is 26.2 Å². The molecule has 1 aromatic carbocycles. The first kappa shape index (κ1) is 12.3. The third-order valence-corrected chi connectivity index (χ3v) is 4.28. The van der Waals surface area contributed by atoms with E-state index in [1.54, 1.807) is 6.92 Å². The van der Waals surface area contributed by atoms with Gasteiger partial charge in [0.2, 0.25) is 10.0 Å². The van der Waals surface area contributed by atoms with Crippen molar-refractivity contribution in [2.75, 3.05) is 19.8 Å². The fraction of sp³-hybridized carbons (Fsp3) is 0.333. The van der Waals surface area contributed by atoms with Gasteiger partial charge < -0.3 is 5.73 Å². The molecule has 0 unspecified atom stereocenters. The van der Waals surface area contributed by atoms with Crippen LogP contribution < -0.4 is 5.73 Å². The van der Waals surface area contributed by atoms with Crippen LogP contribution in [0.2, 0.25) is 5.02 Å². The SMILES string of the molecule is Cc1c(N)cc(Cl)cc1S(=O)(=O)N(C)C. The molecular formula is C9H13ClN2O2S. The largest absolute Gasteiger partial charge is 0.398 e. The lowest BCUT2D eigenvalue weighted by Crippen LogP contribution is -2.23. The zero-order chi connectivity index (χ0) is 11.8. The molecule has 6 heteroatoms. The predicted molar refractivity (Wildman–Crippen MR) is 61.5 cm³/mol. The second-order valence-electron chi connectivity index (χ2n) is 3.41. The summed E-state index contributed by atoms with van der Waals surface area (Å²) < 4.78 is 24.9. The van der Waals surface area contributed by atoms with Gasteiger partial charge in [0.1, 0.15) is 0 Å². The molecule has 0 bridgehead atoms. The van der Waals surface area contributed by atoms with E-state index in [2.05, 4.69) is 0 Å². The van der Waals surface area contributed by atoms with E-state index in [-0.39, 0.29) is 4.90 Å². The summed E-state index contributed by atoms with van der Waals surface area (Å²) in [5, 5.41) is 0.318. The summed E-state index contributed by atoms with van der Waals surface area (Å²) in [6.45, 7) is 1.65. The molecule has 0 aliphatic heterocycles. The third kappa shape index (κ3) is 2.25. The van der Waals surface area contributed by atoms with Gasteiger partial charge in [0.05, 0.1) is 4.90 Å². The van der Waals surface area contributed by atoms with Gasteiger partial charge in [0, 0.05) is 24.8 Å². The highest BCUT2D eigenvalue weighted by atomic mass is 35.5. The number of halogens is 1. The van der Waals surface area contributed by atoms with Crippen LogP contribution >= 0.6 is 11.6 Å². The average Bonchev–Trinajstić information content (AvgIpc) is 2.10. The average molecular weight is 249 g/mol. The Hall–Kier alpha value is -0.780. The zero-order valence-corrected chi connectivity index (χ0v) is 10.4. The van der Waals surface area contributed by atoms with Gasteiger partial charge in [-0.2, -0.15) is 0 Å². The first-order valence-electron chi connectivity index (χ1n) is 4.25. The van der Waals surface area contributed by atoms with Gasteiger partial charge in [0.25, 0.3) is 0 Å². The van der Waals surface area contributed by atoms with Crippen LogP contribution in [0.15, 0.2) is 17.0 Å². The molecule has 15 heavy (non-hydrogen) atoms. The molecule has 1 rings (SSSR count). The van der Waals surface area contributed by atoms with Crippen molar-refractivity contribution in [2.24, 2.45) is 0 Å². The number of nitrogen functional groups attached to an aromatic ring is 1. The number of nitrogens with two attached hydrogens (primary N) is 1. The summed E-state index contributed by atoms with van der Waals surface area (Å²) in [6.07, 6.45) is 0. The Bertz CT molecular complexity index is 483. The van der Waals surface area contributed by atoms with Crippen LogP contribution in [-0.4, -0.2) is 26.8 Å². The molecule has 0 aliphatic carbocycles. The normalized spacial score (nSPS) is 12.1. The fourth-order valence-corrected chi connectivity index (χ4v) is 2.60. The van der Waals surface area contributed by atoms with Crippen molar-refractivity contribution in [3.05, 3.63) is 22.7 Å². The minimum Gasteiger partial charge on any atom is -0.398 e. The Kier molecular flexibility index (Phi) is 3.28. The molecule has 2 N–H and O–H groups in total. The summed E-state index contributed by atoms with van der Waals surface area (Å²) in [5.74, 6) is 0. The molecule has 0 atom stereocenters. The van der Waals surface area contributed by atoms with Gasteiger partial charge in [-0.15, -0.1) is 0 Å². The van der Waals surface area contributed by atoms with Gasteiger partial charge in [-0.05, 0) is 24.6 Å². The molecule has 0 saturated carbocycles. The number of rotatable bonds is 2. The van der Waals surface area contributed by atoms with Crippen molar-refractivity contribution in [2.45, 2.75) is 11.8 Å². The maximum Gasteiger partial charge on any atom is 0.242 e. The summed E-state index contributed by atoms with van der Waals surface area (Å²) in [6, 6.07) is 2.94. The zero-order valence-electron chi connectivity index (χ0n) is 8.78. The minimum absolute atomic E-state index is 0.150. The first-order valence-corrected chi connectivity index (χ1v) is 6.06. The molecule has 0 aromatic heterocycles. The number of hydrogen-bond acceptors (Lipinski definition) is 3. The Morgan fingerprint density at radius 3 is 2.33 bits per heavy atom. The number of hydrogen-bond donors (Lipinski definition) is 1. The van der Waals surface area contributed by atoms with E-state index in [9.17, 15) is 8.42 Å². The van der Waals surface area contributed by atoms with Crippen molar-refractivity contribution >= 4 is 27.3 Å². The van der Waals surface area contributed by atoms with Gasteiger partial charge in [-0.3, -0.25) is 0 Å². The van der Waals surface area contributed by atoms with Crippen molar-refractivity contribution in [1.82, 2.24) is 4.31 Å². The van der Waals surface area contributed by atoms with Crippen molar-refractivity contribution in [3.8, 4) is 0 Å². The smallest absolute Gasteiger partial charge is 0.242 e. The Morgan fingerprint density at radius 2 is 1.87 bits per heavy atom. The summed E-state index contributed by atoms with van der Waals surface area (Å²) in [5.41, 5.74) is 6.55. The van der Waals surface area contributed by atoms with Crippen molar-refractivity contribution in [1.29, 1.82) is 0 Å². The maximum atomic E-state index is 11.9. The van der Waals surface area contributed by atoms with Crippen LogP contribution in [0.1, 0.15) is 5.56 Å². The molecule has 84 valence electrons. The van der Waals surface area contributed by atoms with E-state index in [0.29, 0.717) is 16.3 Å². The molecule has 0 heterocycles. The van der Waals surface area contributed by atoms with Crippen LogP contribution in [0.5, 0.6) is 0 Å². The Labute approximate surface area is 94.7 Å². The van der Waals surface area contributed by atoms with Crippen molar-refractivity contribution in [3.63, 3.8) is 0 Å². The lowest BCUT2D eigenvalue weighted by molar-refractivity contribution is 0.520. The number of benzene rings is 1. The highest BCUT2D eigenvalue weighted by Crippen LogP contribution is 2.27. The molecule has 0 radical (unpaired) electrons. The molecule has 0 saturated heterocycles. The Balaban J connectivity index is 3.52. The van der Waals surface area contributed by atoms with Gasteiger partial charge >= 0.3 is 0 Å². The fourth-order valence-electron chi connectivity index (χ4n) is 1.14. The van der Waals surface area contributed by atoms with E-state index < -0.39 is 10.0 Å². The summed E-state index contributed by atoms with van der Waals surface area (Å²) >= 11 is 5.77. The maximum absolute atomic E-state index is 11.9. The second-order valence-corrected chi connectivity index (χ2v) is 5.96. The number of sulfonamides is 1. The first-order chi connectivity index (χ1) is 6.76. The minimum atomic E-state index is -3.48. The summed E-state index contributed by atoms with van der Waals surface area (Å²) in [7, 11) is -0.555. The standard InChI is InChI=1S/C9H13ClN2O2S/c1-6-8(11)4-7(10)5-9(6)15(13,14)12(2)3/h4-5H,11H2,1-3H3. The van der Waals surface area contributed by atoms with E-state index in [1.807, 2.05) is 0 Å². The topological polar surface area (TPSA) is 63.4 Å². The molecule has 0 amide bonds. The molecule has 1 aromatic rings. The molecule has 0 aliphatic rings. The molecular weight excluding hydrogens is 236 g/mol. The highest BCUT2D eigenvalue weighted by Gasteiger charge is 2.21. The Morgan fingerprint density at radius 1 is 1.33 bits per heavy atom. The molecule has 4 nitrogen and oxygen atoms in total. The van der Waals surface area contributed by atoms with Crippen LogP contribution in [-0.2, 0) is 10.0 Å². The second kappa shape index (κ2) is 4.00. The van der Waals surface area contributed by atoms with Crippen LogP contribution in [0, 0.1) is 6.92 Å². The van der Waals surface area contributed by atoms with Crippen molar-refractivity contribution < 1.29 is 8.42 Å². The third-order valence-electron chi connectivity index (χ3n) is 2.12. The van der Waals surface area contributed by atoms with Crippen LogP contribution in [0.4, 0.5) is 5.69 Å². The monoisotopic (exact) mass is 248 g/mol. The number of anilines is 1. The lowest BCUT2D eigenvalue weighted by Gasteiger charge is -2.15. The van der Waals surface area contributed by atoms with Gasteiger partial charge in [-0.1, -0.05) is 11.6 Å². The van der Waals surface area contributed by atoms with E-state index >= 15 is 0 Å².